The molecule has 2 atom stereocenters. The van der Waals surface area contributed by atoms with E-state index in [1.807, 2.05) is 5.32 Å². The van der Waals surface area contributed by atoms with Gasteiger partial charge in [-0.15, -0.1) is 0 Å². The van der Waals surface area contributed by atoms with E-state index in [4.69, 9.17) is 5.73 Å². The van der Waals surface area contributed by atoms with E-state index in [2.05, 4.69) is 5.32 Å². The van der Waals surface area contributed by atoms with Crippen molar-refractivity contribution in [2.75, 3.05) is 0 Å². The van der Waals surface area contributed by atoms with Crippen LogP contribution in [0.3, 0.4) is 0 Å². The lowest BCUT2D eigenvalue weighted by Crippen LogP contribution is -2.49. The fraction of sp³-hybridized carbons (Fsp3) is 0.625. The van der Waals surface area contributed by atoms with Gasteiger partial charge in [0.2, 0.25) is 0 Å². The minimum absolute atomic E-state index is 0.0622. The van der Waals surface area contributed by atoms with E-state index >= 15 is 0 Å². The summed E-state index contributed by atoms with van der Waals surface area (Å²) in [6, 6.07) is -2.51. The van der Waals surface area contributed by atoms with Crippen molar-refractivity contribution in [1.29, 1.82) is 0 Å². The molecule has 0 aromatic heterocycles. The molecular formula is C8H13N3O3. The predicted molar refractivity (Wildman–Crippen MR) is 48.3 cm³/mol. The summed E-state index contributed by atoms with van der Waals surface area (Å²) >= 11 is 0. The van der Waals surface area contributed by atoms with Crippen LogP contribution in [0, 0.1) is 5.92 Å². The van der Waals surface area contributed by atoms with E-state index in [0.29, 0.717) is 0 Å². The number of urea groups is 1. The van der Waals surface area contributed by atoms with Gasteiger partial charge in [-0.3, -0.25) is 14.9 Å². The first kappa shape index (κ1) is 10.6. The normalized spacial score (nSPS) is 23.3. The molecule has 78 valence electrons. The van der Waals surface area contributed by atoms with Gasteiger partial charge in [-0.2, -0.15) is 0 Å². The van der Waals surface area contributed by atoms with Gasteiger partial charge in [-0.1, -0.05) is 13.8 Å². The van der Waals surface area contributed by atoms with Crippen molar-refractivity contribution in [3.05, 3.63) is 0 Å². The molecule has 1 saturated heterocycles. The predicted octanol–water partition coefficient (Wildman–Crippen LogP) is -1.25. The summed E-state index contributed by atoms with van der Waals surface area (Å²) in [7, 11) is 0. The van der Waals surface area contributed by atoms with E-state index in [9.17, 15) is 14.4 Å². The molecule has 0 radical (unpaired) electrons. The zero-order valence-corrected chi connectivity index (χ0v) is 8.03. The first-order valence-electron chi connectivity index (χ1n) is 4.34. The van der Waals surface area contributed by atoms with Gasteiger partial charge in [0, 0.05) is 0 Å². The number of hydrogen-bond donors (Lipinski definition) is 3. The van der Waals surface area contributed by atoms with Crippen LogP contribution >= 0.6 is 0 Å². The summed E-state index contributed by atoms with van der Waals surface area (Å²) < 4.78 is 0. The first-order chi connectivity index (χ1) is 6.43. The molecule has 0 aromatic rings. The van der Waals surface area contributed by atoms with Gasteiger partial charge in [0.15, 0.2) is 11.8 Å². The third kappa shape index (κ3) is 1.90. The molecule has 6 nitrogen and oxygen atoms in total. The fourth-order valence-corrected chi connectivity index (χ4v) is 1.14. The van der Waals surface area contributed by atoms with E-state index in [-0.39, 0.29) is 5.92 Å². The number of rotatable bonds is 3. The Bertz CT molecular complexity index is 288. The van der Waals surface area contributed by atoms with Crippen molar-refractivity contribution in [2.45, 2.75) is 25.9 Å². The number of amides is 3. The molecule has 0 aromatic carbocycles. The van der Waals surface area contributed by atoms with Gasteiger partial charge < -0.3 is 11.1 Å². The summed E-state index contributed by atoms with van der Waals surface area (Å²) in [6.45, 7) is 3.55. The van der Waals surface area contributed by atoms with Crippen molar-refractivity contribution in [1.82, 2.24) is 10.6 Å². The van der Waals surface area contributed by atoms with Gasteiger partial charge in [-0.25, -0.2) is 4.79 Å². The van der Waals surface area contributed by atoms with E-state index in [1.54, 1.807) is 13.8 Å². The number of carbonyl (C=O) groups excluding carboxylic acids is 3. The van der Waals surface area contributed by atoms with Crippen LogP contribution in [0.25, 0.3) is 0 Å². The van der Waals surface area contributed by atoms with Crippen molar-refractivity contribution < 1.29 is 14.4 Å². The van der Waals surface area contributed by atoms with Crippen LogP contribution < -0.4 is 16.4 Å². The van der Waals surface area contributed by atoms with Crippen LogP contribution in [0.2, 0.25) is 0 Å². The lowest BCUT2D eigenvalue weighted by Gasteiger charge is -2.16. The number of ketones is 1. The molecule has 0 saturated carbocycles. The highest BCUT2D eigenvalue weighted by atomic mass is 16.2. The zero-order valence-electron chi connectivity index (χ0n) is 8.03. The molecule has 1 unspecified atom stereocenters. The third-order valence-corrected chi connectivity index (χ3v) is 2.11. The Kier molecular flexibility index (Phi) is 2.85. The largest absolute Gasteiger partial charge is 0.322 e. The van der Waals surface area contributed by atoms with Crippen LogP contribution in [0.5, 0.6) is 0 Å². The van der Waals surface area contributed by atoms with E-state index in [1.165, 1.54) is 0 Å². The maximum atomic E-state index is 11.5. The maximum Gasteiger partial charge on any atom is 0.322 e. The molecule has 1 aliphatic heterocycles. The molecule has 0 aliphatic carbocycles. The molecule has 6 heteroatoms. The van der Waals surface area contributed by atoms with Crippen molar-refractivity contribution in [2.24, 2.45) is 11.7 Å². The van der Waals surface area contributed by atoms with Gasteiger partial charge in [-0.05, 0) is 5.92 Å². The molecule has 1 aliphatic rings. The highest BCUT2D eigenvalue weighted by Gasteiger charge is 2.38. The quantitative estimate of drug-likeness (QED) is 0.390. The monoisotopic (exact) mass is 199 g/mol. The minimum atomic E-state index is -1.13. The third-order valence-electron chi connectivity index (χ3n) is 2.11. The summed E-state index contributed by atoms with van der Waals surface area (Å²) in [5.41, 5.74) is 5.57. The average molecular weight is 199 g/mol. The highest BCUT2D eigenvalue weighted by Crippen LogP contribution is 2.05. The van der Waals surface area contributed by atoms with Gasteiger partial charge >= 0.3 is 6.03 Å². The van der Waals surface area contributed by atoms with E-state index < -0.39 is 29.8 Å². The second-order valence-electron chi connectivity index (χ2n) is 3.57. The van der Waals surface area contributed by atoms with Crippen LogP contribution in [0.4, 0.5) is 4.79 Å². The topological polar surface area (TPSA) is 101 Å². The molecule has 0 bridgehead atoms. The van der Waals surface area contributed by atoms with E-state index in [0.717, 1.165) is 0 Å². The molecule has 1 rings (SSSR count). The van der Waals surface area contributed by atoms with Crippen molar-refractivity contribution in [3.63, 3.8) is 0 Å². The van der Waals surface area contributed by atoms with Crippen LogP contribution in [0.1, 0.15) is 13.8 Å². The van der Waals surface area contributed by atoms with Crippen molar-refractivity contribution >= 4 is 17.7 Å². The van der Waals surface area contributed by atoms with Crippen molar-refractivity contribution in [3.8, 4) is 0 Å². The first-order valence-corrected chi connectivity index (χ1v) is 4.34. The number of nitrogens with one attached hydrogen (secondary N) is 2. The minimum Gasteiger partial charge on any atom is -0.321 e. The Morgan fingerprint density at radius 3 is 2.36 bits per heavy atom. The van der Waals surface area contributed by atoms with Gasteiger partial charge in [0.1, 0.15) is 0 Å². The molecular weight excluding hydrogens is 186 g/mol. The fourth-order valence-electron chi connectivity index (χ4n) is 1.14. The standard InChI is InChI=1S/C8H13N3O3/c1-3(2)4(9)6(12)5-7(13)11-8(14)10-5/h3-5H,9H2,1-2H3,(H2,10,11,13,14)/t4-,5?/m0/s1. The molecule has 1 heterocycles. The Labute approximate surface area is 81.2 Å². The number of carbonyl (C=O) groups is 3. The second-order valence-corrected chi connectivity index (χ2v) is 3.57. The molecule has 3 amide bonds. The molecule has 4 N–H and O–H groups in total. The van der Waals surface area contributed by atoms with Crippen LogP contribution in [-0.2, 0) is 9.59 Å². The highest BCUT2D eigenvalue weighted by molar-refractivity contribution is 6.17. The molecule has 14 heavy (non-hydrogen) atoms. The maximum absolute atomic E-state index is 11.5. The van der Waals surface area contributed by atoms with Gasteiger partial charge in [0.05, 0.1) is 6.04 Å². The lowest BCUT2D eigenvalue weighted by molar-refractivity contribution is -0.130. The Balaban J connectivity index is 2.70. The number of imide groups is 1. The Hall–Kier alpha value is -1.43. The van der Waals surface area contributed by atoms with Crippen LogP contribution in [0.15, 0.2) is 0 Å². The van der Waals surface area contributed by atoms with Gasteiger partial charge in [0.25, 0.3) is 5.91 Å². The number of nitrogens with two attached hydrogens (primary N) is 1. The Morgan fingerprint density at radius 1 is 1.43 bits per heavy atom. The summed E-state index contributed by atoms with van der Waals surface area (Å²) in [5.74, 6) is -1.15. The lowest BCUT2D eigenvalue weighted by atomic mass is 9.96. The molecule has 0 spiro atoms. The SMILES string of the molecule is CC(C)[C@H](N)C(=O)C1NC(=O)NC1=O. The summed E-state index contributed by atoms with van der Waals surface area (Å²) in [5, 5.41) is 4.19. The number of Topliss-reactive ketones (excluding diaryl/α,β-unsaturated/α-hetero) is 1. The summed E-state index contributed by atoms with van der Waals surface area (Å²) in [4.78, 5) is 33.3. The second kappa shape index (κ2) is 3.75. The number of hydrogen-bond acceptors (Lipinski definition) is 4. The summed E-state index contributed by atoms with van der Waals surface area (Å²) in [6.07, 6.45) is 0. The Morgan fingerprint density at radius 2 is 2.00 bits per heavy atom. The zero-order chi connectivity index (χ0) is 10.9. The average Bonchev–Trinajstić information content (AvgIpc) is 2.42. The smallest absolute Gasteiger partial charge is 0.321 e. The van der Waals surface area contributed by atoms with Crippen LogP contribution in [-0.4, -0.2) is 29.8 Å². The molecule has 1 fully saturated rings.